The van der Waals surface area contributed by atoms with Gasteiger partial charge in [-0.05, 0) is 31.2 Å². The van der Waals surface area contributed by atoms with Crippen molar-refractivity contribution in [3.63, 3.8) is 0 Å². The second-order valence-corrected chi connectivity index (χ2v) is 9.23. The van der Waals surface area contributed by atoms with Crippen molar-refractivity contribution in [3.8, 4) is 5.75 Å². The van der Waals surface area contributed by atoms with E-state index in [4.69, 9.17) is 34.4 Å². The number of carboxylic acids is 3. The summed E-state index contributed by atoms with van der Waals surface area (Å²) >= 11 is 0. The van der Waals surface area contributed by atoms with Crippen LogP contribution in [-0.2, 0) is 20.9 Å². The van der Waals surface area contributed by atoms with Gasteiger partial charge in [-0.25, -0.2) is 14.4 Å². The van der Waals surface area contributed by atoms with Crippen LogP contribution in [0.5, 0.6) is 5.75 Å². The Bertz CT molecular complexity index is 1190. The Balaban J connectivity index is 0.000000396. The van der Waals surface area contributed by atoms with Crippen molar-refractivity contribution in [3.05, 3.63) is 54.1 Å². The van der Waals surface area contributed by atoms with Crippen molar-refractivity contribution in [2.75, 3.05) is 26.2 Å². The van der Waals surface area contributed by atoms with Crippen LogP contribution in [0.3, 0.4) is 0 Å². The number of carbonyl (C=O) groups is 3. The summed E-state index contributed by atoms with van der Waals surface area (Å²) in [6.07, 6.45) is -10.3. The molecule has 0 unspecified atom stereocenters. The van der Waals surface area contributed by atoms with E-state index in [-0.39, 0.29) is 6.10 Å². The van der Waals surface area contributed by atoms with Crippen LogP contribution in [0.25, 0.3) is 0 Å². The number of fused-ring (bicyclic) bond motifs is 1. The number of halogens is 9. The average molecular weight is 666 g/mol. The van der Waals surface area contributed by atoms with E-state index in [0.717, 1.165) is 50.6 Å². The summed E-state index contributed by atoms with van der Waals surface area (Å²) < 4.78 is 101. The lowest BCUT2D eigenvalue weighted by molar-refractivity contribution is -0.193. The van der Waals surface area contributed by atoms with E-state index >= 15 is 0 Å². The fraction of sp³-hybridized carbons (Fsp3) is 0.480. The normalized spacial score (nSPS) is 18.4. The predicted molar refractivity (Wildman–Crippen MR) is 134 cm³/mol. The first-order valence-corrected chi connectivity index (χ1v) is 12.5. The number of aromatic nitrogens is 2. The molecule has 2 aromatic rings. The van der Waals surface area contributed by atoms with Gasteiger partial charge in [0, 0.05) is 57.1 Å². The van der Waals surface area contributed by atoms with Crippen LogP contribution in [0.4, 0.5) is 39.5 Å². The molecule has 0 bridgehead atoms. The van der Waals surface area contributed by atoms with Gasteiger partial charge >= 0.3 is 36.4 Å². The molecule has 45 heavy (non-hydrogen) atoms. The molecule has 20 heteroatoms. The molecule has 0 spiro atoms. The summed E-state index contributed by atoms with van der Waals surface area (Å²) in [6, 6.07) is 10.8. The number of ether oxygens (including phenoxy) is 1. The Kier molecular flexibility index (Phi) is 14.5. The Morgan fingerprint density at radius 2 is 1.38 bits per heavy atom. The first-order chi connectivity index (χ1) is 20.6. The third-order valence-corrected chi connectivity index (χ3v) is 5.66. The summed E-state index contributed by atoms with van der Waals surface area (Å²) in [5.41, 5.74) is 2.27. The van der Waals surface area contributed by atoms with Gasteiger partial charge in [-0.15, -0.1) is 0 Å². The van der Waals surface area contributed by atoms with Crippen LogP contribution in [-0.4, -0.2) is 110 Å². The van der Waals surface area contributed by atoms with Gasteiger partial charge in [-0.3, -0.25) is 19.8 Å². The molecule has 0 amide bonds. The largest absolute Gasteiger partial charge is 0.490 e. The lowest BCUT2D eigenvalue weighted by Crippen LogP contribution is -2.49. The number of hydrogen-bond acceptors (Lipinski definition) is 8. The molecule has 0 aromatic carbocycles. The first-order valence-electron chi connectivity index (χ1n) is 12.5. The minimum Gasteiger partial charge on any atom is -0.487 e. The highest BCUT2D eigenvalue weighted by Crippen LogP contribution is 2.26. The molecule has 0 aliphatic carbocycles. The van der Waals surface area contributed by atoms with E-state index < -0.39 is 36.4 Å². The number of rotatable bonds is 4. The van der Waals surface area contributed by atoms with Gasteiger partial charge < -0.3 is 20.1 Å². The molecule has 3 N–H and O–H groups in total. The van der Waals surface area contributed by atoms with Crippen LogP contribution in [0.1, 0.15) is 17.8 Å². The van der Waals surface area contributed by atoms with Gasteiger partial charge in [0.2, 0.25) is 0 Å². The Morgan fingerprint density at radius 3 is 1.82 bits per heavy atom. The average Bonchev–Trinajstić information content (AvgIpc) is 3.30. The Morgan fingerprint density at radius 1 is 0.844 bits per heavy atom. The third-order valence-electron chi connectivity index (χ3n) is 5.66. The summed E-state index contributed by atoms with van der Waals surface area (Å²) in [7, 11) is 0. The molecule has 2 fully saturated rings. The van der Waals surface area contributed by atoms with Gasteiger partial charge in [0.15, 0.2) is 0 Å². The lowest BCUT2D eigenvalue weighted by atomic mass is 10.1. The number of nitrogens with zero attached hydrogens (tertiary/aromatic N) is 4. The zero-order chi connectivity index (χ0) is 34.6. The van der Waals surface area contributed by atoms with E-state index in [1.807, 2.05) is 12.1 Å². The minimum atomic E-state index is -5.08. The molecule has 2 aliphatic rings. The lowest BCUT2D eigenvalue weighted by Gasteiger charge is -2.36. The molecule has 2 saturated heterocycles. The fourth-order valence-electron chi connectivity index (χ4n) is 3.82. The molecule has 2 atom stereocenters. The topological polar surface area (TPSA) is 153 Å². The first kappa shape index (κ1) is 38.8. The smallest absolute Gasteiger partial charge is 0.487 e. The summed E-state index contributed by atoms with van der Waals surface area (Å²) in [6.45, 7) is 7.34. The zero-order valence-electron chi connectivity index (χ0n) is 23.1. The second kappa shape index (κ2) is 16.8. The molecular weight excluding hydrogens is 639 g/mol. The summed E-state index contributed by atoms with van der Waals surface area (Å²) in [5, 5.41) is 21.4. The van der Waals surface area contributed by atoms with Crippen molar-refractivity contribution in [2.45, 2.75) is 50.6 Å². The number of aliphatic carboxylic acids is 3. The standard InChI is InChI=1S/C19H24N4O.3C2HF3O2/c1-15-4-2-5-16(21-15)12-22-8-9-23-14-19(10-17(23)13-22)24-18-6-3-7-20-11-18;3*3-2(4,5)1(6)7/h2-7,11,17,19H,8-10,12-14H2,1H3;3*(H,6,7)/t17-,19+;;;/m0.../s1. The fourth-order valence-corrected chi connectivity index (χ4v) is 3.82. The highest BCUT2D eigenvalue weighted by Gasteiger charge is 2.40. The van der Waals surface area contributed by atoms with E-state index in [0.29, 0.717) is 6.04 Å². The number of carboxylic acid groups (broad SMARTS) is 3. The maximum atomic E-state index is 10.6. The predicted octanol–water partition coefficient (Wildman–Crippen LogP) is 4.02. The van der Waals surface area contributed by atoms with E-state index in [1.54, 1.807) is 12.4 Å². The van der Waals surface area contributed by atoms with Crippen molar-refractivity contribution in [2.24, 2.45) is 0 Å². The Hall–Kier alpha value is -4.20. The molecule has 2 aromatic heterocycles. The van der Waals surface area contributed by atoms with Crippen LogP contribution in [0.15, 0.2) is 42.7 Å². The van der Waals surface area contributed by atoms with Gasteiger partial charge in [0.1, 0.15) is 11.9 Å². The number of alkyl halides is 9. The summed E-state index contributed by atoms with van der Waals surface area (Å²) in [4.78, 5) is 40.5. The second-order valence-electron chi connectivity index (χ2n) is 9.23. The number of hydrogen-bond donors (Lipinski definition) is 3. The van der Waals surface area contributed by atoms with E-state index in [9.17, 15) is 39.5 Å². The van der Waals surface area contributed by atoms with Gasteiger partial charge in [-0.2, -0.15) is 39.5 Å². The van der Waals surface area contributed by atoms with Crippen molar-refractivity contribution in [1.82, 2.24) is 19.8 Å². The zero-order valence-corrected chi connectivity index (χ0v) is 23.1. The number of piperazine rings is 1. The van der Waals surface area contributed by atoms with Crippen molar-refractivity contribution < 1.29 is 74.0 Å². The quantitative estimate of drug-likeness (QED) is 0.406. The van der Waals surface area contributed by atoms with E-state index in [1.165, 1.54) is 5.69 Å². The molecule has 4 rings (SSSR count). The third kappa shape index (κ3) is 15.4. The highest BCUT2D eigenvalue weighted by atomic mass is 19.4. The maximum absolute atomic E-state index is 10.6. The van der Waals surface area contributed by atoms with Crippen LogP contribution in [0.2, 0.25) is 0 Å². The van der Waals surface area contributed by atoms with Gasteiger partial charge in [0.05, 0.1) is 11.9 Å². The maximum Gasteiger partial charge on any atom is 0.490 e. The minimum absolute atomic E-state index is 0.274. The number of pyridine rings is 2. The highest BCUT2D eigenvalue weighted by molar-refractivity contribution is 5.73. The van der Waals surface area contributed by atoms with E-state index in [2.05, 4.69) is 44.9 Å². The molecule has 11 nitrogen and oxygen atoms in total. The number of aryl methyl sites for hydroxylation is 1. The molecule has 0 radical (unpaired) electrons. The van der Waals surface area contributed by atoms with Gasteiger partial charge in [0.25, 0.3) is 0 Å². The van der Waals surface area contributed by atoms with Gasteiger partial charge in [-0.1, -0.05) is 6.07 Å². The molecule has 2 aliphatic heterocycles. The van der Waals surface area contributed by atoms with Crippen molar-refractivity contribution in [1.29, 1.82) is 0 Å². The van der Waals surface area contributed by atoms with Crippen LogP contribution >= 0.6 is 0 Å². The summed E-state index contributed by atoms with van der Waals surface area (Å²) in [5.74, 6) is -7.39. The molecule has 0 saturated carbocycles. The molecular formula is C25H27F9N4O7. The molecule has 4 heterocycles. The monoisotopic (exact) mass is 666 g/mol. The van der Waals surface area contributed by atoms with Crippen LogP contribution in [0, 0.1) is 6.92 Å². The van der Waals surface area contributed by atoms with Crippen LogP contribution < -0.4 is 4.74 Å². The Labute approximate surface area is 248 Å². The SMILES string of the molecule is Cc1cccc(CN2CCN3C[C@H](Oc4cccnc4)C[C@H]3C2)n1.O=C(O)C(F)(F)F.O=C(O)C(F)(F)F.O=C(O)C(F)(F)F. The van der Waals surface area contributed by atoms with Crippen molar-refractivity contribution >= 4 is 17.9 Å². The molecule has 252 valence electrons.